The van der Waals surface area contributed by atoms with Crippen molar-refractivity contribution in [1.29, 1.82) is 0 Å². The van der Waals surface area contributed by atoms with Crippen molar-refractivity contribution >= 4 is 16.6 Å². The molecule has 1 unspecified atom stereocenters. The molecule has 0 N–H and O–H groups in total. The van der Waals surface area contributed by atoms with E-state index >= 15 is 0 Å². The van der Waals surface area contributed by atoms with Gasteiger partial charge in [-0.25, -0.2) is 4.98 Å². The van der Waals surface area contributed by atoms with Gasteiger partial charge >= 0.3 is 0 Å². The van der Waals surface area contributed by atoms with E-state index in [9.17, 15) is 0 Å². The van der Waals surface area contributed by atoms with Crippen LogP contribution in [0.5, 0.6) is 11.5 Å². The average molecular weight is 360 g/mol. The van der Waals surface area contributed by atoms with Crippen LogP contribution in [0.1, 0.15) is 34.8 Å². The van der Waals surface area contributed by atoms with Crippen LogP contribution < -0.4 is 14.4 Å². The van der Waals surface area contributed by atoms with Crippen LogP contribution >= 0.6 is 0 Å². The Morgan fingerprint density at radius 1 is 1.07 bits per heavy atom. The molecule has 0 spiro atoms. The highest BCUT2D eigenvalue weighted by molar-refractivity contribution is 5.99. The van der Waals surface area contributed by atoms with Crippen molar-refractivity contribution in [3.8, 4) is 11.5 Å². The highest BCUT2D eigenvalue weighted by atomic mass is 16.5. The molecule has 0 saturated carbocycles. The highest BCUT2D eigenvalue weighted by Crippen LogP contribution is 2.47. The van der Waals surface area contributed by atoms with Gasteiger partial charge in [0.2, 0.25) is 0 Å². The Bertz CT molecular complexity index is 1040. The molecule has 0 saturated heterocycles. The quantitative estimate of drug-likeness (QED) is 0.683. The van der Waals surface area contributed by atoms with E-state index in [0.717, 1.165) is 47.5 Å². The molecule has 4 heteroatoms. The number of hydrogen-bond acceptors (Lipinski definition) is 4. The first-order valence-corrected chi connectivity index (χ1v) is 9.61. The van der Waals surface area contributed by atoms with E-state index in [1.807, 2.05) is 6.07 Å². The maximum Gasteiger partial charge on any atom is 0.148 e. The molecular formula is C23H24N2O2. The summed E-state index contributed by atoms with van der Waals surface area (Å²) in [5, 5.41) is 1.13. The molecule has 1 aromatic heterocycles. The molecule has 1 aliphatic heterocycles. The van der Waals surface area contributed by atoms with Gasteiger partial charge in [-0.2, -0.15) is 0 Å². The molecule has 1 atom stereocenters. The van der Waals surface area contributed by atoms with Crippen molar-refractivity contribution < 1.29 is 9.47 Å². The summed E-state index contributed by atoms with van der Waals surface area (Å²) in [5.74, 6) is 1.58. The van der Waals surface area contributed by atoms with Crippen molar-refractivity contribution in [3.63, 3.8) is 0 Å². The lowest BCUT2D eigenvalue weighted by molar-refractivity contribution is 0.397. The van der Waals surface area contributed by atoms with Crippen molar-refractivity contribution in [2.75, 3.05) is 25.7 Å². The minimum Gasteiger partial charge on any atom is -0.497 e. The van der Waals surface area contributed by atoms with Crippen LogP contribution in [0.2, 0.25) is 0 Å². The number of anilines is 1. The van der Waals surface area contributed by atoms with E-state index in [1.165, 1.54) is 28.8 Å². The minimum absolute atomic E-state index is 0.435. The largest absolute Gasteiger partial charge is 0.497 e. The molecule has 1 aliphatic carbocycles. The van der Waals surface area contributed by atoms with Crippen LogP contribution in [-0.2, 0) is 12.8 Å². The third-order valence-electron chi connectivity index (χ3n) is 6.13. The van der Waals surface area contributed by atoms with E-state index < -0.39 is 0 Å². The van der Waals surface area contributed by atoms with Crippen LogP contribution in [0.15, 0.2) is 36.4 Å². The molecule has 0 amide bonds. The van der Waals surface area contributed by atoms with Crippen molar-refractivity contribution in [1.82, 2.24) is 4.98 Å². The summed E-state index contributed by atoms with van der Waals surface area (Å²) in [6, 6.07) is 13.4. The molecule has 2 heterocycles. The van der Waals surface area contributed by atoms with E-state index in [1.54, 1.807) is 14.2 Å². The summed E-state index contributed by atoms with van der Waals surface area (Å²) in [6.07, 6.45) is 3.37. The first kappa shape index (κ1) is 16.4. The zero-order chi connectivity index (χ0) is 18.5. The molecule has 5 rings (SSSR count). The van der Waals surface area contributed by atoms with Crippen molar-refractivity contribution in [3.05, 3.63) is 58.8 Å². The number of fused-ring (bicyclic) bond motifs is 4. The van der Waals surface area contributed by atoms with Gasteiger partial charge in [-0.3, -0.25) is 0 Å². The predicted octanol–water partition coefficient (Wildman–Crippen LogP) is 4.61. The Balaban J connectivity index is 1.74. The van der Waals surface area contributed by atoms with Crippen LogP contribution in [0.3, 0.4) is 0 Å². The molecule has 0 radical (unpaired) electrons. The number of benzene rings is 2. The van der Waals surface area contributed by atoms with E-state index in [-0.39, 0.29) is 0 Å². The Kier molecular flexibility index (Phi) is 3.74. The molecule has 3 aromatic rings. The van der Waals surface area contributed by atoms with Gasteiger partial charge in [0.25, 0.3) is 0 Å². The lowest BCUT2D eigenvalue weighted by Crippen LogP contribution is -2.25. The van der Waals surface area contributed by atoms with Crippen molar-refractivity contribution in [2.45, 2.75) is 32.2 Å². The number of hydrogen-bond donors (Lipinski definition) is 0. The summed E-state index contributed by atoms with van der Waals surface area (Å²) >= 11 is 0. The number of rotatable bonds is 3. The average Bonchev–Trinajstić information content (AvgIpc) is 3.32. The molecule has 0 bridgehead atoms. The lowest BCUT2D eigenvalue weighted by Gasteiger charge is -2.29. The number of nitrogens with zero attached hydrogens (tertiary/aromatic N) is 2. The van der Waals surface area contributed by atoms with Gasteiger partial charge in [-0.05, 0) is 48.9 Å². The van der Waals surface area contributed by atoms with Crippen molar-refractivity contribution in [2.24, 2.45) is 0 Å². The van der Waals surface area contributed by atoms with Gasteiger partial charge in [-0.15, -0.1) is 0 Å². The molecule has 27 heavy (non-hydrogen) atoms. The van der Waals surface area contributed by atoms with Crippen LogP contribution in [-0.4, -0.2) is 25.7 Å². The van der Waals surface area contributed by atoms with Gasteiger partial charge < -0.3 is 14.4 Å². The Labute approximate surface area is 159 Å². The topological polar surface area (TPSA) is 34.6 Å². The second-order valence-electron chi connectivity index (χ2n) is 7.45. The normalized spacial score (nSPS) is 17.9. The molecule has 138 valence electrons. The predicted molar refractivity (Wildman–Crippen MR) is 108 cm³/mol. The molecule has 2 aromatic carbocycles. The number of pyridine rings is 1. The minimum atomic E-state index is 0.435. The van der Waals surface area contributed by atoms with Crippen LogP contribution in [0.25, 0.3) is 10.9 Å². The number of ether oxygens (including phenoxy) is 2. The number of aromatic nitrogens is 1. The Morgan fingerprint density at radius 2 is 1.93 bits per heavy atom. The monoisotopic (exact) mass is 360 g/mol. The zero-order valence-electron chi connectivity index (χ0n) is 16.1. The van der Waals surface area contributed by atoms with Gasteiger partial charge in [0.1, 0.15) is 17.0 Å². The third-order valence-corrected chi connectivity index (χ3v) is 6.13. The molecule has 2 aliphatic rings. The number of aryl methyl sites for hydroxylation is 2. The zero-order valence-corrected chi connectivity index (χ0v) is 16.1. The van der Waals surface area contributed by atoms with Gasteiger partial charge in [-0.1, -0.05) is 24.3 Å². The van der Waals surface area contributed by atoms with Gasteiger partial charge in [0.15, 0.2) is 0 Å². The van der Waals surface area contributed by atoms with E-state index in [4.69, 9.17) is 14.5 Å². The summed E-state index contributed by atoms with van der Waals surface area (Å²) in [7, 11) is 3.40. The fourth-order valence-electron chi connectivity index (χ4n) is 4.86. The maximum atomic E-state index is 5.64. The molecule has 4 nitrogen and oxygen atoms in total. The molecular weight excluding hydrogens is 336 g/mol. The summed E-state index contributed by atoms with van der Waals surface area (Å²) in [4.78, 5) is 7.49. The first-order valence-electron chi connectivity index (χ1n) is 9.61. The fraction of sp³-hybridized carbons (Fsp3) is 0.348. The standard InChI is InChI=1S/C23H24N2O2/c1-14-17-10-11-25(20-9-8-15-6-4-5-7-18(15)20)23(17)19-12-16(26-2)13-21(27-3)22(19)24-14/h4-7,12-13,20H,8-11H2,1-3H3. The molecule has 0 fully saturated rings. The third kappa shape index (κ3) is 2.39. The SMILES string of the molecule is COc1cc(OC)c2nc(C)c3c(c2c1)N(C1CCc2ccccc21)CC3. The second-order valence-corrected chi connectivity index (χ2v) is 7.45. The highest BCUT2D eigenvalue weighted by Gasteiger charge is 2.34. The Hall–Kier alpha value is -2.75. The Morgan fingerprint density at radius 3 is 2.74 bits per heavy atom. The summed E-state index contributed by atoms with van der Waals surface area (Å²) in [6.45, 7) is 3.16. The number of methoxy groups -OCH3 is 2. The van der Waals surface area contributed by atoms with E-state index in [2.05, 4.69) is 42.2 Å². The maximum absolute atomic E-state index is 5.64. The smallest absolute Gasteiger partial charge is 0.148 e. The van der Waals surface area contributed by atoms with Gasteiger partial charge in [0.05, 0.1) is 25.9 Å². The fourth-order valence-corrected chi connectivity index (χ4v) is 4.86. The van der Waals surface area contributed by atoms with E-state index in [0.29, 0.717) is 6.04 Å². The summed E-state index contributed by atoms with van der Waals surface area (Å²) < 4.78 is 11.2. The first-order chi connectivity index (χ1) is 13.2. The lowest BCUT2D eigenvalue weighted by atomic mass is 10.0. The second kappa shape index (κ2) is 6.15. The van der Waals surface area contributed by atoms with Crippen LogP contribution in [0, 0.1) is 6.92 Å². The summed E-state index contributed by atoms with van der Waals surface area (Å²) in [5.41, 5.74) is 7.67. The van der Waals surface area contributed by atoms with Gasteiger partial charge in [0, 0.05) is 23.7 Å². The van der Waals surface area contributed by atoms with Crippen LogP contribution in [0.4, 0.5) is 5.69 Å².